The number of nitrogens with one attached hydrogen (secondary N) is 2. The number of carbonyl (C=O) groups excluding carboxylic acids is 3. The second-order valence-corrected chi connectivity index (χ2v) is 10.3. The Morgan fingerprint density at radius 1 is 1.09 bits per heavy atom. The fraction of sp³-hybridized carbons (Fsp3) is 0.435. The summed E-state index contributed by atoms with van der Waals surface area (Å²) in [5.74, 6) is -0.773. The van der Waals surface area contributed by atoms with Gasteiger partial charge in [0.05, 0.1) is 17.4 Å². The number of aromatic nitrogens is 2. The molecule has 10 heteroatoms. The quantitative estimate of drug-likeness (QED) is 0.697. The number of amides is 3. The number of nitrogens with zero attached hydrogens (tertiary/aromatic N) is 4. The van der Waals surface area contributed by atoms with Crippen molar-refractivity contribution in [2.45, 2.75) is 50.8 Å². The molecule has 0 saturated carbocycles. The molecule has 1 atom stereocenters. The number of benzene rings is 1. The molecule has 1 aromatic carbocycles. The molecule has 3 amide bonds. The Morgan fingerprint density at radius 2 is 1.79 bits per heavy atom. The number of anilines is 2. The second kappa shape index (κ2) is 9.38. The zero-order valence-corrected chi connectivity index (χ0v) is 19.8. The van der Waals surface area contributed by atoms with E-state index in [4.69, 9.17) is 0 Å². The number of carbonyl (C=O) groups is 3. The van der Waals surface area contributed by atoms with Crippen molar-refractivity contribution in [1.82, 2.24) is 14.7 Å². The maximum atomic E-state index is 12.5. The lowest BCUT2D eigenvalue weighted by atomic mass is 10.1. The average Bonchev–Trinajstić information content (AvgIpc) is 3.50. The fourth-order valence-electron chi connectivity index (χ4n) is 3.60. The summed E-state index contributed by atoms with van der Waals surface area (Å²) in [6, 6.07) is 6.62. The summed E-state index contributed by atoms with van der Waals surface area (Å²) >= 11 is 1.37. The largest absolute Gasteiger partial charge is 0.351 e. The molecule has 3 heterocycles. The smallest absolute Gasteiger partial charge is 0.262 e. The van der Waals surface area contributed by atoms with E-state index < -0.39 is 5.25 Å². The van der Waals surface area contributed by atoms with Gasteiger partial charge in [-0.15, -0.1) is 0 Å². The molecule has 1 unspecified atom stereocenters. The minimum atomic E-state index is -0.486. The Morgan fingerprint density at radius 3 is 2.42 bits per heavy atom. The summed E-state index contributed by atoms with van der Waals surface area (Å²) in [7, 11) is 0. The minimum absolute atomic E-state index is 0.0599. The van der Waals surface area contributed by atoms with Crippen LogP contribution in [0.3, 0.4) is 0 Å². The number of likely N-dealkylation sites (tertiary alicyclic amines) is 1. The van der Waals surface area contributed by atoms with Gasteiger partial charge in [0, 0.05) is 37.0 Å². The molecule has 0 spiro atoms. The van der Waals surface area contributed by atoms with Gasteiger partial charge in [0.15, 0.2) is 5.17 Å². The van der Waals surface area contributed by atoms with Crippen molar-refractivity contribution >= 4 is 46.0 Å². The molecule has 1 aromatic heterocycles. The summed E-state index contributed by atoms with van der Waals surface area (Å²) in [4.78, 5) is 43.4. The molecule has 2 aliphatic heterocycles. The second-order valence-electron chi connectivity index (χ2n) is 9.16. The molecule has 33 heavy (non-hydrogen) atoms. The number of thioether (sulfide) groups is 1. The first-order valence-corrected chi connectivity index (χ1v) is 11.9. The van der Waals surface area contributed by atoms with Crippen LogP contribution in [0.25, 0.3) is 0 Å². The summed E-state index contributed by atoms with van der Waals surface area (Å²) < 4.78 is 1.79. The van der Waals surface area contributed by atoms with Gasteiger partial charge in [-0.25, -0.2) is 0 Å². The van der Waals surface area contributed by atoms with Gasteiger partial charge in [-0.1, -0.05) is 11.8 Å². The zero-order valence-electron chi connectivity index (χ0n) is 19.0. The fourth-order valence-corrected chi connectivity index (χ4v) is 4.71. The van der Waals surface area contributed by atoms with Crippen LogP contribution in [0.5, 0.6) is 0 Å². The van der Waals surface area contributed by atoms with Crippen molar-refractivity contribution in [3.05, 3.63) is 42.2 Å². The monoisotopic (exact) mass is 468 g/mol. The standard InChI is InChI=1S/C23H28N6O3S/c1-23(2,3)29-14-17(13-24-29)26-20(31)15-6-8-16(9-7-15)25-19(30)12-18-21(32)27-22(33-18)28-10-4-5-11-28/h6-9,13-14,18H,4-5,10-12H2,1-3H3,(H,25,30)(H,26,31). The van der Waals surface area contributed by atoms with E-state index in [0.717, 1.165) is 31.1 Å². The van der Waals surface area contributed by atoms with Crippen molar-refractivity contribution in [3.63, 3.8) is 0 Å². The van der Waals surface area contributed by atoms with E-state index >= 15 is 0 Å². The highest BCUT2D eigenvalue weighted by Gasteiger charge is 2.33. The Hall–Kier alpha value is -3.14. The van der Waals surface area contributed by atoms with E-state index in [-0.39, 0.29) is 29.7 Å². The third-order valence-corrected chi connectivity index (χ3v) is 6.65. The molecule has 1 fully saturated rings. The first-order chi connectivity index (χ1) is 15.7. The van der Waals surface area contributed by atoms with Crippen LogP contribution in [-0.2, 0) is 15.1 Å². The Bertz CT molecular complexity index is 1080. The predicted molar refractivity (Wildman–Crippen MR) is 129 cm³/mol. The van der Waals surface area contributed by atoms with Crippen molar-refractivity contribution < 1.29 is 14.4 Å². The van der Waals surface area contributed by atoms with Gasteiger partial charge in [-0.3, -0.25) is 19.1 Å². The van der Waals surface area contributed by atoms with Crippen LogP contribution in [0, 0.1) is 0 Å². The van der Waals surface area contributed by atoms with E-state index in [0.29, 0.717) is 16.9 Å². The highest BCUT2D eigenvalue weighted by Crippen LogP contribution is 2.29. The van der Waals surface area contributed by atoms with Crippen LogP contribution < -0.4 is 10.6 Å². The van der Waals surface area contributed by atoms with Crippen molar-refractivity contribution in [2.75, 3.05) is 23.7 Å². The molecule has 4 rings (SSSR count). The van der Waals surface area contributed by atoms with E-state index in [1.807, 2.05) is 20.8 Å². The van der Waals surface area contributed by atoms with Crippen LogP contribution in [0.4, 0.5) is 11.4 Å². The van der Waals surface area contributed by atoms with Crippen LogP contribution in [0.2, 0.25) is 0 Å². The van der Waals surface area contributed by atoms with Crippen LogP contribution in [0.1, 0.15) is 50.4 Å². The molecule has 2 aromatic rings. The summed E-state index contributed by atoms with van der Waals surface area (Å²) in [6.45, 7) is 7.91. The molecular formula is C23H28N6O3S. The zero-order chi connectivity index (χ0) is 23.6. The predicted octanol–water partition coefficient (Wildman–Crippen LogP) is 3.31. The van der Waals surface area contributed by atoms with Gasteiger partial charge in [0.25, 0.3) is 11.8 Å². The number of amidine groups is 1. The molecule has 174 valence electrons. The third kappa shape index (κ3) is 5.62. The van der Waals surface area contributed by atoms with Gasteiger partial charge in [0.2, 0.25) is 5.91 Å². The number of rotatable bonds is 5. The van der Waals surface area contributed by atoms with Crippen LogP contribution in [-0.4, -0.2) is 55.9 Å². The van der Waals surface area contributed by atoms with Gasteiger partial charge in [-0.2, -0.15) is 10.1 Å². The maximum absolute atomic E-state index is 12.5. The number of aliphatic imine (C=N–C) groups is 1. The van der Waals surface area contributed by atoms with E-state index in [1.165, 1.54) is 11.8 Å². The van der Waals surface area contributed by atoms with Gasteiger partial charge in [-0.05, 0) is 57.9 Å². The summed E-state index contributed by atoms with van der Waals surface area (Å²) in [5.41, 5.74) is 1.46. The SMILES string of the molecule is CC(C)(C)n1cc(NC(=O)c2ccc(NC(=O)CC3SC(N4CCCC4)=NC3=O)cc2)cn1. The third-order valence-electron chi connectivity index (χ3n) is 5.43. The lowest BCUT2D eigenvalue weighted by Gasteiger charge is -2.18. The van der Waals surface area contributed by atoms with Gasteiger partial charge < -0.3 is 15.5 Å². The van der Waals surface area contributed by atoms with Crippen molar-refractivity contribution in [2.24, 2.45) is 4.99 Å². The molecule has 1 saturated heterocycles. The maximum Gasteiger partial charge on any atom is 0.262 e. The normalized spacial score (nSPS) is 18.4. The Balaban J connectivity index is 1.28. The topological polar surface area (TPSA) is 109 Å². The average molecular weight is 469 g/mol. The lowest BCUT2D eigenvalue weighted by Crippen LogP contribution is -2.25. The highest BCUT2D eigenvalue weighted by molar-refractivity contribution is 8.15. The molecule has 0 radical (unpaired) electrons. The van der Waals surface area contributed by atoms with Gasteiger partial charge in [0.1, 0.15) is 5.25 Å². The van der Waals surface area contributed by atoms with E-state index in [9.17, 15) is 14.4 Å². The number of hydrogen-bond donors (Lipinski definition) is 2. The molecular weight excluding hydrogens is 440 g/mol. The Kier molecular flexibility index (Phi) is 6.55. The first-order valence-electron chi connectivity index (χ1n) is 11.0. The van der Waals surface area contributed by atoms with Crippen molar-refractivity contribution in [1.29, 1.82) is 0 Å². The highest BCUT2D eigenvalue weighted by atomic mass is 32.2. The Labute approximate surface area is 197 Å². The van der Waals surface area contributed by atoms with E-state index in [2.05, 4.69) is 25.6 Å². The minimum Gasteiger partial charge on any atom is -0.351 e. The molecule has 0 aliphatic carbocycles. The van der Waals surface area contributed by atoms with Crippen LogP contribution in [0.15, 0.2) is 41.7 Å². The summed E-state index contributed by atoms with van der Waals surface area (Å²) in [5, 5.41) is 10.1. The summed E-state index contributed by atoms with van der Waals surface area (Å²) in [6.07, 6.45) is 5.66. The lowest BCUT2D eigenvalue weighted by molar-refractivity contribution is -0.121. The molecule has 9 nitrogen and oxygen atoms in total. The molecule has 2 aliphatic rings. The molecule has 0 bridgehead atoms. The number of hydrogen-bond acceptors (Lipinski definition) is 6. The van der Waals surface area contributed by atoms with Crippen LogP contribution >= 0.6 is 11.8 Å². The first kappa shape index (κ1) is 23.0. The van der Waals surface area contributed by atoms with E-state index in [1.54, 1.807) is 41.3 Å². The molecule has 2 N–H and O–H groups in total. The van der Waals surface area contributed by atoms with Gasteiger partial charge >= 0.3 is 0 Å². The van der Waals surface area contributed by atoms with Crippen molar-refractivity contribution in [3.8, 4) is 0 Å².